The molecule has 3 rings (SSSR count). The Bertz CT molecular complexity index is 694. The monoisotopic (exact) mass is 650 g/mol. The van der Waals surface area contributed by atoms with Gasteiger partial charge in [0.25, 0.3) is 0 Å². The average Bonchev–Trinajstić information content (AvgIpc) is 2.78. The first kappa shape index (κ1) is 34.2. The van der Waals surface area contributed by atoms with E-state index in [1.807, 2.05) is 60.7 Å². The number of carboxylic acid groups (broad SMARTS) is 2. The smallest absolute Gasteiger partial charge is 0.303 e. The molecule has 0 aliphatic heterocycles. The molecule has 1 saturated carbocycles. The SMILES string of the molecule is O=C(O)CCCc1ccccc1.O=C(O)CCCc1ccccc1.[CH3-].[NH-]C1CCCCC1[NH-].[Pt]. The van der Waals surface area contributed by atoms with Crippen molar-refractivity contribution in [1.29, 1.82) is 0 Å². The predicted molar refractivity (Wildman–Crippen MR) is 135 cm³/mol. The average molecular weight is 651 g/mol. The van der Waals surface area contributed by atoms with Crippen molar-refractivity contribution >= 4 is 11.9 Å². The van der Waals surface area contributed by atoms with Crippen LogP contribution in [0.3, 0.4) is 0 Å². The molecule has 1 aliphatic rings. The van der Waals surface area contributed by atoms with E-state index in [-0.39, 0.29) is 53.4 Å². The third kappa shape index (κ3) is 18.4. The van der Waals surface area contributed by atoms with Gasteiger partial charge in [0.1, 0.15) is 0 Å². The summed E-state index contributed by atoms with van der Waals surface area (Å²) in [4.78, 5) is 20.4. The van der Waals surface area contributed by atoms with E-state index in [1.165, 1.54) is 24.0 Å². The van der Waals surface area contributed by atoms with Crippen molar-refractivity contribution in [2.75, 3.05) is 0 Å². The fourth-order valence-corrected chi connectivity index (χ4v) is 3.31. The molecule has 0 heterocycles. The molecule has 4 N–H and O–H groups in total. The topological polar surface area (TPSA) is 122 Å². The molecule has 0 bridgehead atoms. The van der Waals surface area contributed by atoms with E-state index >= 15 is 0 Å². The van der Waals surface area contributed by atoms with Crippen molar-refractivity contribution in [2.24, 2.45) is 0 Å². The van der Waals surface area contributed by atoms with Gasteiger partial charge >= 0.3 is 11.9 Å². The van der Waals surface area contributed by atoms with Gasteiger partial charge in [-0.2, -0.15) is 12.1 Å². The van der Waals surface area contributed by atoms with Gasteiger partial charge in [0.2, 0.25) is 0 Å². The fourth-order valence-electron chi connectivity index (χ4n) is 3.31. The molecule has 194 valence electrons. The predicted octanol–water partition coefficient (Wildman–Crippen LogP) is 7.04. The molecule has 7 heteroatoms. The van der Waals surface area contributed by atoms with Crippen molar-refractivity contribution in [3.05, 3.63) is 90.7 Å². The van der Waals surface area contributed by atoms with Gasteiger partial charge in [0.15, 0.2) is 0 Å². The van der Waals surface area contributed by atoms with Crippen LogP contribution in [-0.2, 0) is 43.5 Å². The van der Waals surface area contributed by atoms with E-state index in [0.717, 1.165) is 38.5 Å². The van der Waals surface area contributed by atoms with E-state index in [1.54, 1.807) is 0 Å². The Balaban J connectivity index is 0. The molecular formula is C27H39N2O4Pt-3. The van der Waals surface area contributed by atoms with Crippen molar-refractivity contribution in [1.82, 2.24) is 0 Å². The Morgan fingerprint density at radius 3 is 1.29 bits per heavy atom. The van der Waals surface area contributed by atoms with Gasteiger partial charge in [-0.25, -0.2) is 0 Å². The maximum atomic E-state index is 10.2. The van der Waals surface area contributed by atoms with Gasteiger partial charge in [-0.1, -0.05) is 86.3 Å². The van der Waals surface area contributed by atoms with Crippen LogP contribution >= 0.6 is 0 Å². The zero-order valence-electron chi connectivity index (χ0n) is 20.0. The molecule has 0 radical (unpaired) electrons. The van der Waals surface area contributed by atoms with E-state index in [2.05, 4.69) is 0 Å². The maximum Gasteiger partial charge on any atom is 0.303 e. The molecule has 34 heavy (non-hydrogen) atoms. The summed E-state index contributed by atoms with van der Waals surface area (Å²) in [7, 11) is 0. The number of aryl methyl sites for hydroxylation is 2. The molecule has 2 aromatic carbocycles. The minimum Gasteiger partial charge on any atom is -0.676 e. The number of benzene rings is 2. The molecule has 0 aromatic heterocycles. The third-order valence-corrected chi connectivity index (χ3v) is 5.16. The second kappa shape index (κ2) is 21.5. The summed E-state index contributed by atoms with van der Waals surface area (Å²) >= 11 is 0. The second-order valence-electron chi connectivity index (χ2n) is 7.96. The molecule has 0 spiro atoms. The van der Waals surface area contributed by atoms with Crippen LogP contribution in [0.4, 0.5) is 0 Å². The van der Waals surface area contributed by atoms with E-state index < -0.39 is 11.9 Å². The van der Waals surface area contributed by atoms with Gasteiger partial charge in [-0.3, -0.25) is 9.59 Å². The summed E-state index contributed by atoms with van der Waals surface area (Å²) in [6.45, 7) is 0. The van der Waals surface area contributed by atoms with E-state index in [0.29, 0.717) is 0 Å². The minimum absolute atomic E-state index is 0. The van der Waals surface area contributed by atoms with Crippen molar-refractivity contribution < 1.29 is 40.9 Å². The Morgan fingerprint density at radius 2 is 1.03 bits per heavy atom. The number of hydrogen-bond donors (Lipinski definition) is 2. The molecule has 2 aromatic rings. The zero-order chi connectivity index (χ0) is 23.6. The van der Waals surface area contributed by atoms with Crippen molar-refractivity contribution in [2.45, 2.75) is 76.3 Å². The number of carbonyl (C=O) groups is 2. The summed E-state index contributed by atoms with van der Waals surface area (Å²) in [5, 5.41) is 16.8. The van der Waals surface area contributed by atoms with Crippen LogP contribution in [0.5, 0.6) is 0 Å². The van der Waals surface area contributed by atoms with Crippen molar-refractivity contribution in [3.8, 4) is 0 Å². The fraction of sp³-hybridized carbons (Fsp3) is 0.444. The third-order valence-electron chi connectivity index (χ3n) is 5.16. The quantitative estimate of drug-likeness (QED) is 0.298. The van der Waals surface area contributed by atoms with Gasteiger partial charge < -0.3 is 29.1 Å². The molecule has 0 amide bonds. The van der Waals surface area contributed by atoms with Crippen LogP contribution < -0.4 is 0 Å². The largest absolute Gasteiger partial charge is 0.676 e. The van der Waals surface area contributed by atoms with Crippen molar-refractivity contribution in [3.63, 3.8) is 0 Å². The van der Waals surface area contributed by atoms with Gasteiger partial charge in [-0.05, 0) is 36.8 Å². The Hall–Kier alpha value is -2.01. The normalized spacial score (nSPS) is 16.2. The Morgan fingerprint density at radius 1 is 0.706 bits per heavy atom. The van der Waals surface area contributed by atoms with Crippen LogP contribution in [0.1, 0.15) is 62.5 Å². The Labute approximate surface area is 219 Å². The molecule has 1 fully saturated rings. The van der Waals surface area contributed by atoms with Crippen LogP contribution in [0.15, 0.2) is 60.7 Å². The summed E-state index contributed by atoms with van der Waals surface area (Å²) in [5.74, 6) is -1.43. The van der Waals surface area contributed by atoms with E-state index in [9.17, 15) is 9.59 Å². The molecular weight excluding hydrogens is 611 g/mol. The standard InChI is InChI=1S/2C10H12O2.C6H12N2.CH3.Pt/c2*11-10(12)8-4-7-9-5-2-1-3-6-9;7-5-3-1-2-4-6(5)8;;/h2*1-3,5-6H,4,7-8H2,(H,11,12);5-8H,1-4H2;1H3;/q;;-2;-1;. The van der Waals surface area contributed by atoms with Crippen LogP contribution in [0.25, 0.3) is 11.5 Å². The van der Waals surface area contributed by atoms with Crippen LogP contribution in [0.2, 0.25) is 0 Å². The number of carboxylic acids is 2. The molecule has 2 unspecified atom stereocenters. The number of aliphatic carboxylic acids is 2. The maximum absolute atomic E-state index is 10.2. The first-order valence-electron chi connectivity index (χ1n) is 11.3. The zero-order valence-corrected chi connectivity index (χ0v) is 22.3. The molecule has 2 atom stereocenters. The van der Waals surface area contributed by atoms with Gasteiger partial charge in [0.05, 0.1) is 0 Å². The summed E-state index contributed by atoms with van der Waals surface area (Å²) < 4.78 is 0. The number of rotatable bonds is 8. The summed E-state index contributed by atoms with van der Waals surface area (Å²) in [5.41, 5.74) is 17.0. The number of hydrogen-bond acceptors (Lipinski definition) is 2. The first-order chi connectivity index (χ1) is 15.4. The number of nitrogens with one attached hydrogen (secondary N) is 2. The van der Waals surface area contributed by atoms with Crippen LogP contribution in [0, 0.1) is 7.43 Å². The molecule has 1 aliphatic carbocycles. The molecule has 6 nitrogen and oxygen atoms in total. The van der Waals surface area contributed by atoms with Crippen LogP contribution in [-0.4, -0.2) is 34.2 Å². The van der Waals surface area contributed by atoms with Gasteiger partial charge in [-0.15, -0.1) is 0 Å². The Kier molecular flexibility index (Phi) is 21.6. The summed E-state index contributed by atoms with van der Waals surface area (Å²) in [6, 6.07) is 19.7. The summed E-state index contributed by atoms with van der Waals surface area (Å²) in [6.07, 6.45) is 7.91. The van der Waals surface area contributed by atoms with E-state index in [4.69, 9.17) is 21.7 Å². The second-order valence-corrected chi connectivity index (χ2v) is 7.96. The molecule has 0 saturated heterocycles. The van der Waals surface area contributed by atoms with Gasteiger partial charge in [0, 0.05) is 33.9 Å². The minimum atomic E-state index is -0.717. The first-order valence-corrected chi connectivity index (χ1v) is 11.3.